The Balaban J connectivity index is 1.57. The number of ketones is 1. The molecule has 2 aromatic carbocycles. The van der Waals surface area contributed by atoms with Crippen LogP contribution in [0.1, 0.15) is 33.6 Å². The van der Waals surface area contributed by atoms with Gasteiger partial charge in [0.2, 0.25) is 0 Å². The molecule has 2 aliphatic heterocycles. The third-order valence-electron chi connectivity index (χ3n) is 5.06. The molecule has 0 aliphatic carbocycles. The van der Waals surface area contributed by atoms with Crippen molar-refractivity contribution in [2.45, 2.75) is 18.4 Å². The Kier molecular flexibility index (Phi) is 4.09. The summed E-state index contributed by atoms with van der Waals surface area (Å²) in [5.74, 6) is -1.16. The highest BCUT2D eigenvalue weighted by molar-refractivity contribution is 6.01. The molecular formula is C20H17F2NO4. The number of ether oxygens (including phenoxy) is 2. The van der Waals surface area contributed by atoms with Gasteiger partial charge in [0, 0.05) is 13.0 Å². The van der Waals surface area contributed by atoms with Crippen LogP contribution in [0.2, 0.25) is 0 Å². The highest BCUT2D eigenvalue weighted by atomic mass is 19.1. The molecule has 27 heavy (non-hydrogen) atoms. The summed E-state index contributed by atoms with van der Waals surface area (Å²) in [7, 11) is 1.52. The van der Waals surface area contributed by atoms with E-state index in [4.69, 9.17) is 9.47 Å². The molecule has 140 valence electrons. The molecular weight excluding hydrogens is 356 g/mol. The van der Waals surface area contributed by atoms with Crippen molar-refractivity contribution >= 4 is 11.7 Å². The Morgan fingerprint density at radius 3 is 2.81 bits per heavy atom. The normalized spacial score (nSPS) is 21.1. The van der Waals surface area contributed by atoms with E-state index in [1.807, 2.05) is 0 Å². The number of carbonyl (C=O) groups is 2. The number of halogens is 2. The van der Waals surface area contributed by atoms with E-state index in [1.165, 1.54) is 12.0 Å². The summed E-state index contributed by atoms with van der Waals surface area (Å²) >= 11 is 0. The van der Waals surface area contributed by atoms with E-state index in [9.17, 15) is 18.4 Å². The smallest absolute Gasteiger partial charge is 0.257 e. The lowest BCUT2D eigenvalue weighted by molar-refractivity contribution is 0.0426. The van der Waals surface area contributed by atoms with Crippen LogP contribution >= 0.6 is 0 Å². The summed E-state index contributed by atoms with van der Waals surface area (Å²) in [4.78, 5) is 26.6. The number of hydrogen-bond donors (Lipinski definition) is 0. The molecule has 1 amide bonds. The van der Waals surface area contributed by atoms with Gasteiger partial charge in [0.1, 0.15) is 28.7 Å². The number of benzene rings is 2. The maximum Gasteiger partial charge on any atom is 0.257 e. The third kappa shape index (κ3) is 3.03. The lowest BCUT2D eigenvalue weighted by atomic mass is 9.89. The van der Waals surface area contributed by atoms with E-state index in [1.54, 1.807) is 18.2 Å². The fourth-order valence-electron chi connectivity index (χ4n) is 3.68. The number of Topliss-reactive ketones (excluding diaryl/α,β-unsaturated/α-hetero) is 1. The molecule has 0 saturated carbocycles. The van der Waals surface area contributed by atoms with Gasteiger partial charge >= 0.3 is 0 Å². The minimum atomic E-state index is -0.849. The van der Waals surface area contributed by atoms with Crippen LogP contribution in [0.5, 0.6) is 11.5 Å². The Bertz CT molecular complexity index is 946. The van der Waals surface area contributed by atoms with Crippen LogP contribution in [0.15, 0.2) is 36.4 Å². The molecule has 2 heterocycles. The quantitative estimate of drug-likeness (QED) is 0.811. The van der Waals surface area contributed by atoms with Gasteiger partial charge in [-0.3, -0.25) is 9.59 Å². The number of methoxy groups -OCH3 is 1. The second-order valence-corrected chi connectivity index (χ2v) is 6.85. The van der Waals surface area contributed by atoms with Gasteiger partial charge in [-0.05, 0) is 36.4 Å². The Morgan fingerprint density at radius 1 is 1.22 bits per heavy atom. The van der Waals surface area contributed by atoms with Gasteiger partial charge in [-0.15, -0.1) is 0 Å². The number of amides is 1. The molecule has 0 N–H and O–H groups in total. The van der Waals surface area contributed by atoms with E-state index in [0.717, 1.165) is 18.2 Å². The van der Waals surface area contributed by atoms with Crippen LogP contribution in [-0.2, 0) is 0 Å². The minimum absolute atomic E-state index is 0.0959. The van der Waals surface area contributed by atoms with E-state index < -0.39 is 23.1 Å². The Labute approximate surface area is 154 Å². The zero-order valence-corrected chi connectivity index (χ0v) is 14.6. The van der Waals surface area contributed by atoms with Gasteiger partial charge in [-0.25, -0.2) is 8.78 Å². The first-order chi connectivity index (χ1) is 12.9. The van der Waals surface area contributed by atoms with Crippen molar-refractivity contribution in [2.75, 3.05) is 20.2 Å². The summed E-state index contributed by atoms with van der Waals surface area (Å²) in [5.41, 5.74) is -0.724. The van der Waals surface area contributed by atoms with Gasteiger partial charge in [0.05, 0.1) is 31.2 Å². The molecule has 1 fully saturated rings. The molecule has 1 saturated heterocycles. The lowest BCUT2D eigenvalue weighted by Gasteiger charge is -2.34. The lowest BCUT2D eigenvalue weighted by Crippen LogP contribution is -2.45. The highest BCUT2D eigenvalue weighted by Gasteiger charge is 2.47. The summed E-state index contributed by atoms with van der Waals surface area (Å²) in [5, 5.41) is 0. The predicted molar refractivity (Wildman–Crippen MR) is 92.2 cm³/mol. The summed E-state index contributed by atoms with van der Waals surface area (Å²) < 4.78 is 38.5. The molecule has 0 radical (unpaired) electrons. The van der Waals surface area contributed by atoms with Gasteiger partial charge in [-0.1, -0.05) is 0 Å². The standard InChI is InChI=1S/C20H17F2NO4/c1-26-13-3-5-18-15(9-13)17(24)10-20(27-18)6-7-23(11-20)19(25)14-8-12(21)2-4-16(14)22/h2-5,8-9H,6-7,10-11H2,1H3. The fraction of sp³-hybridized carbons (Fsp3) is 0.300. The largest absolute Gasteiger partial charge is 0.497 e. The van der Waals surface area contributed by atoms with E-state index >= 15 is 0 Å². The van der Waals surface area contributed by atoms with E-state index in [-0.39, 0.29) is 24.3 Å². The molecule has 0 aromatic heterocycles. The Morgan fingerprint density at radius 2 is 2.04 bits per heavy atom. The average molecular weight is 373 g/mol. The average Bonchev–Trinajstić information content (AvgIpc) is 3.06. The third-order valence-corrected chi connectivity index (χ3v) is 5.06. The van der Waals surface area contributed by atoms with Crippen molar-refractivity contribution in [3.63, 3.8) is 0 Å². The molecule has 1 spiro atoms. The molecule has 5 nitrogen and oxygen atoms in total. The van der Waals surface area contributed by atoms with Crippen molar-refractivity contribution in [1.29, 1.82) is 0 Å². The first-order valence-electron chi connectivity index (χ1n) is 8.55. The highest BCUT2D eigenvalue weighted by Crippen LogP contribution is 2.40. The first-order valence-corrected chi connectivity index (χ1v) is 8.55. The van der Waals surface area contributed by atoms with Crippen molar-refractivity contribution in [3.8, 4) is 11.5 Å². The van der Waals surface area contributed by atoms with Gasteiger partial charge in [-0.2, -0.15) is 0 Å². The second kappa shape index (κ2) is 6.33. The van der Waals surface area contributed by atoms with E-state index in [2.05, 4.69) is 0 Å². The molecule has 1 unspecified atom stereocenters. The number of nitrogens with zero attached hydrogens (tertiary/aromatic N) is 1. The summed E-state index contributed by atoms with van der Waals surface area (Å²) in [6.07, 6.45) is 0.551. The van der Waals surface area contributed by atoms with Crippen molar-refractivity contribution in [3.05, 3.63) is 59.2 Å². The molecule has 1 atom stereocenters. The van der Waals surface area contributed by atoms with Crippen molar-refractivity contribution in [1.82, 2.24) is 4.90 Å². The maximum absolute atomic E-state index is 13.9. The Hall–Kier alpha value is -2.96. The predicted octanol–water partition coefficient (Wildman–Crippen LogP) is 3.22. The van der Waals surface area contributed by atoms with Gasteiger partial charge in [0.25, 0.3) is 5.91 Å². The number of hydrogen-bond acceptors (Lipinski definition) is 4. The minimum Gasteiger partial charge on any atom is -0.497 e. The molecule has 0 bridgehead atoms. The van der Waals surface area contributed by atoms with Crippen LogP contribution in [-0.4, -0.2) is 42.4 Å². The molecule has 4 rings (SSSR count). The fourth-order valence-corrected chi connectivity index (χ4v) is 3.68. The van der Waals surface area contributed by atoms with Crippen LogP contribution in [0.3, 0.4) is 0 Å². The van der Waals surface area contributed by atoms with E-state index in [0.29, 0.717) is 30.0 Å². The maximum atomic E-state index is 13.9. The van der Waals surface area contributed by atoms with Crippen LogP contribution < -0.4 is 9.47 Å². The van der Waals surface area contributed by atoms with Crippen LogP contribution in [0.25, 0.3) is 0 Å². The van der Waals surface area contributed by atoms with Crippen LogP contribution in [0.4, 0.5) is 8.78 Å². The van der Waals surface area contributed by atoms with Crippen LogP contribution in [0, 0.1) is 11.6 Å². The first kappa shape index (κ1) is 17.5. The van der Waals surface area contributed by atoms with Gasteiger partial charge < -0.3 is 14.4 Å². The topological polar surface area (TPSA) is 55.8 Å². The zero-order valence-electron chi connectivity index (χ0n) is 14.6. The number of carbonyl (C=O) groups excluding carboxylic acids is 2. The second-order valence-electron chi connectivity index (χ2n) is 6.85. The SMILES string of the molecule is COc1ccc2c(c1)C(=O)CC1(CCN(C(=O)c3cc(F)ccc3F)C1)O2. The monoisotopic (exact) mass is 373 g/mol. The van der Waals surface area contributed by atoms with Gasteiger partial charge in [0.15, 0.2) is 5.78 Å². The van der Waals surface area contributed by atoms with Crippen molar-refractivity contribution < 1.29 is 27.8 Å². The molecule has 2 aromatic rings. The number of fused-ring (bicyclic) bond motifs is 1. The zero-order chi connectivity index (χ0) is 19.2. The molecule has 7 heteroatoms. The van der Waals surface area contributed by atoms with Crippen molar-refractivity contribution in [2.24, 2.45) is 0 Å². The number of rotatable bonds is 2. The summed E-state index contributed by atoms with van der Waals surface area (Å²) in [6, 6.07) is 7.78. The molecule has 2 aliphatic rings. The summed E-state index contributed by atoms with van der Waals surface area (Å²) in [6.45, 7) is 0.437. The number of likely N-dealkylation sites (tertiary alicyclic amines) is 1.